The number of rotatable bonds is 3. The van der Waals surface area contributed by atoms with Gasteiger partial charge in [-0.3, -0.25) is 9.88 Å². The molecule has 0 bridgehead atoms. The zero-order chi connectivity index (χ0) is 17.3. The minimum absolute atomic E-state index is 0.201. The maximum absolute atomic E-state index is 4.99. The average Bonchev–Trinajstić information content (AvgIpc) is 3.12. The van der Waals surface area contributed by atoms with E-state index in [2.05, 4.69) is 63.7 Å². The Kier molecular flexibility index (Phi) is 4.13. The van der Waals surface area contributed by atoms with E-state index in [1.165, 1.54) is 26.0 Å². The topological polar surface area (TPSA) is 41.1 Å². The monoisotopic (exact) mass is 360 g/mol. The minimum Gasteiger partial charge on any atom is -0.314 e. The molecule has 0 amide bonds. The second-order valence-electron chi connectivity index (χ2n) is 6.69. The van der Waals surface area contributed by atoms with Gasteiger partial charge in [0.2, 0.25) is 0 Å². The zero-order valence-corrected chi connectivity index (χ0v) is 15.2. The van der Waals surface area contributed by atoms with Crippen LogP contribution in [0.4, 0.5) is 0 Å². The fraction of sp³-hybridized carbons (Fsp3) is 0.238. The molecule has 1 N–H and O–H groups in total. The van der Waals surface area contributed by atoms with Gasteiger partial charge in [-0.1, -0.05) is 24.3 Å². The van der Waals surface area contributed by atoms with Crippen molar-refractivity contribution in [3.8, 4) is 0 Å². The second kappa shape index (κ2) is 6.76. The molecule has 1 aliphatic rings. The van der Waals surface area contributed by atoms with Gasteiger partial charge in [-0.2, -0.15) is 0 Å². The Morgan fingerprint density at radius 3 is 2.77 bits per heavy atom. The summed E-state index contributed by atoms with van der Waals surface area (Å²) in [4.78, 5) is 11.8. The molecule has 5 rings (SSSR count). The van der Waals surface area contributed by atoms with Crippen LogP contribution in [0.3, 0.4) is 0 Å². The largest absolute Gasteiger partial charge is 0.314 e. The van der Waals surface area contributed by atoms with Gasteiger partial charge in [-0.15, -0.1) is 11.3 Å². The summed E-state index contributed by atoms with van der Waals surface area (Å²) in [7, 11) is 0. The predicted molar refractivity (Wildman–Crippen MR) is 108 cm³/mol. The number of fused-ring (bicyclic) bond motifs is 2. The van der Waals surface area contributed by atoms with E-state index in [-0.39, 0.29) is 6.04 Å². The molecule has 4 aromatic rings. The Hall–Kier alpha value is -2.34. The van der Waals surface area contributed by atoms with Gasteiger partial charge in [-0.25, -0.2) is 4.98 Å². The van der Waals surface area contributed by atoms with Crippen LogP contribution in [0.15, 0.2) is 60.9 Å². The van der Waals surface area contributed by atoms with Crippen molar-refractivity contribution in [3.05, 3.63) is 71.5 Å². The molecule has 1 saturated heterocycles. The second-order valence-corrected chi connectivity index (χ2v) is 7.75. The smallest absolute Gasteiger partial charge is 0.116 e. The maximum Gasteiger partial charge on any atom is 0.116 e. The van der Waals surface area contributed by atoms with Gasteiger partial charge in [-0.05, 0) is 35.2 Å². The van der Waals surface area contributed by atoms with E-state index in [1.54, 1.807) is 0 Å². The average molecular weight is 360 g/mol. The first-order valence-electron chi connectivity index (χ1n) is 9.02. The summed E-state index contributed by atoms with van der Waals surface area (Å²) < 4.78 is 1.26. The summed E-state index contributed by atoms with van der Waals surface area (Å²) in [6, 6.07) is 17.4. The van der Waals surface area contributed by atoms with Crippen molar-refractivity contribution in [1.29, 1.82) is 0 Å². The molecule has 1 atom stereocenters. The number of benzene rings is 2. The number of nitrogens with one attached hydrogen (secondary N) is 1. The van der Waals surface area contributed by atoms with Crippen molar-refractivity contribution in [3.63, 3.8) is 0 Å². The molecule has 2 aromatic carbocycles. The van der Waals surface area contributed by atoms with E-state index >= 15 is 0 Å². The van der Waals surface area contributed by atoms with Gasteiger partial charge in [0.05, 0.1) is 16.3 Å². The Balaban J connectivity index is 1.64. The highest BCUT2D eigenvalue weighted by Gasteiger charge is 2.27. The molecule has 2 aromatic heterocycles. The third kappa shape index (κ3) is 2.88. The summed E-state index contributed by atoms with van der Waals surface area (Å²) in [6.45, 7) is 4.13. The number of hydrogen-bond donors (Lipinski definition) is 1. The standard InChI is InChI=1S/C21H20N4S/c1-2-4-19-18(3-1)24-21(26-19)20(25-11-9-22-10-12-25)16-5-6-17-14-23-8-7-15(17)13-16/h1-8,13-14,20,22H,9-12H2. The van der Waals surface area contributed by atoms with Crippen molar-refractivity contribution in [1.82, 2.24) is 20.2 Å². The first kappa shape index (κ1) is 15.9. The van der Waals surface area contributed by atoms with Crippen LogP contribution in [0.5, 0.6) is 0 Å². The van der Waals surface area contributed by atoms with Gasteiger partial charge in [0, 0.05) is 44.0 Å². The molecule has 1 unspecified atom stereocenters. The van der Waals surface area contributed by atoms with Gasteiger partial charge < -0.3 is 5.32 Å². The van der Waals surface area contributed by atoms with Crippen LogP contribution in [0.25, 0.3) is 21.0 Å². The van der Waals surface area contributed by atoms with Crippen LogP contribution >= 0.6 is 11.3 Å². The van der Waals surface area contributed by atoms with E-state index in [0.717, 1.165) is 31.7 Å². The third-order valence-electron chi connectivity index (χ3n) is 5.04. The Labute approximate surface area is 156 Å². The summed E-state index contributed by atoms with van der Waals surface area (Å²) >= 11 is 1.81. The van der Waals surface area contributed by atoms with Gasteiger partial charge in [0.25, 0.3) is 0 Å². The van der Waals surface area contributed by atoms with Crippen LogP contribution in [-0.2, 0) is 0 Å². The molecule has 3 heterocycles. The zero-order valence-electron chi connectivity index (χ0n) is 14.4. The highest BCUT2D eigenvalue weighted by atomic mass is 32.1. The highest BCUT2D eigenvalue weighted by molar-refractivity contribution is 7.18. The van der Waals surface area contributed by atoms with Crippen LogP contribution < -0.4 is 5.32 Å². The van der Waals surface area contributed by atoms with Crippen molar-refractivity contribution < 1.29 is 0 Å². The maximum atomic E-state index is 4.99. The van der Waals surface area contributed by atoms with E-state index in [1.807, 2.05) is 23.7 Å². The molecule has 0 aliphatic carbocycles. The number of para-hydroxylation sites is 1. The molecule has 26 heavy (non-hydrogen) atoms. The molecule has 0 saturated carbocycles. The van der Waals surface area contributed by atoms with Crippen molar-refractivity contribution in [2.75, 3.05) is 26.2 Å². The lowest BCUT2D eigenvalue weighted by Crippen LogP contribution is -2.45. The number of pyridine rings is 1. The normalized spacial score (nSPS) is 16.9. The van der Waals surface area contributed by atoms with E-state index in [4.69, 9.17) is 4.98 Å². The fourth-order valence-corrected chi connectivity index (χ4v) is 4.86. The summed E-state index contributed by atoms with van der Waals surface area (Å²) in [5.74, 6) is 0. The van der Waals surface area contributed by atoms with Gasteiger partial charge in [0.1, 0.15) is 5.01 Å². The predicted octanol–water partition coefficient (Wildman–Crippen LogP) is 3.84. The third-order valence-corrected chi connectivity index (χ3v) is 6.13. The van der Waals surface area contributed by atoms with Crippen LogP contribution in [0, 0.1) is 0 Å². The number of thiazole rings is 1. The van der Waals surface area contributed by atoms with Gasteiger partial charge >= 0.3 is 0 Å². The quantitative estimate of drug-likeness (QED) is 0.603. The van der Waals surface area contributed by atoms with Crippen LogP contribution in [0.1, 0.15) is 16.6 Å². The Bertz CT molecular complexity index is 1020. The fourth-order valence-electron chi connectivity index (χ4n) is 3.73. The van der Waals surface area contributed by atoms with E-state index in [0.29, 0.717) is 0 Å². The molecule has 130 valence electrons. The van der Waals surface area contributed by atoms with E-state index in [9.17, 15) is 0 Å². The SMILES string of the molecule is c1ccc2sc(C(c3ccc4cnccc4c3)N3CCNCC3)nc2c1. The molecule has 1 fully saturated rings. The molecule has 5 heteroatoms. The first-order valence-corrected chi connectivity index (χ1v) is 9.84. The number of hydrogen-bond acceptors (Lipinski definition) is 5. The van der Waals surface area contributed by atoms with Gasteiger partial charge in [0.15, 0.2) is 0 Å². The number of aromatic nitrogens is 2. The summed E-state index contributed by atoms with van der Waals surface area (Å²) in [6.07, 6.45) is 3.79. The van der Waals surface area contributed by atoms with Crippen molar-refractivity contribution in [2.24, 2.45) is 0 Å². The molecule has 0 spiro atoms. The number of nitrogens with zero attached hydrogens (tertiary/aromatic N) is 3. The van der Waals surface area contributed by atoms with E-state index < -0.39 is 0 Å². The molecular formula is C21H20N4S. The minimum atomic E-state index is 0.201. The van der Waals surface area contributed by atoms with Crippen LogP contribution in [-0.4, -0.2) is 41.0 Å². The van der Waals surface area contributed by atoms with Crippen molar-refractivity contribution in [2.45, 2.75) is 6.04 Å². The molecule has 0 radical (unpaired) electrons. The lowest BCUT2D eigenvalue weighted by atomic mass is 10.0. The lowest BCUT2D eigenvalue weighted by Gasteiger charge is -2.34. The number of piperazine rings is 1. The Morgan fingerprint density at radius 2 is 1.88 bits per heavy atom. The van der Waals surface area contributed by atoms with Crippen LogP contribution in [0.2, 0.25) is 0 Å². The summed E-state index contributed by atoms with van der Waals surface area (Å²) in [5, 5.41) is 7.06. The first-order chi connectivity index (χ1) is 12.9. The molecule has 4 nitrogen and oxygen atoms in total. The van der Waals surface area contributed by atoms with Crippen molar-refractivity contribution >= 4 is 32.3 Å². The lowest BCUT2D eigenvalue weighted by molar-refractivity contribution is 0.198. The highest BCUT2D eigenvalue weighted by Crippen LogP contribution is 2.35. The molecular weight excluding hydrogens is 340 g/mol. The molecule has 1 aliphatic heterocycles. The Morgan fingerprint density at radius 1 is 1.00 bits per heavy atom. The summed E-state index contributed by atoms with van der Waals surface area (Å²) in [5.41, 5.74) is 2.40.